The molecule has 0 spiro atoms. The summed E-state index contributed by atoms with van der Waals surface area (Å²) in [6.07, 6.45) is 8.55. The number of carbonyl (C=O) groups excluding carboxylic acids is 2. The summed E-state index contributed by atoms with van der Waals surface area (Å²) in [5, 5.41) is 17.9. The molecule has 1 fully saturated rings. The standard InChI is InChI=1S/C22H21N9O5S3/c1-2-5-36-30-14(11-9-39-22(25)26-11)17(32)29-15-18(33)31-16(20(34)35)10(8-38-19(15)31)4-3-6-37-13-7-12(23)27-21(24)28-13/h1,3-4,7,9,15,19H,5-6,8H2,(H2,25,26)(H,29,32)(H,34,35)(H4,23,24,27,28)/b4-3+,30-14+/t15?,19-/m1/s1. The van der Waals surface area contributed by atoms with Crippen LogP contribution in [0.4, 0.5) is 16.9 Å². The van der Waals surface area contributed by atoms with E-state index in [1.165, 1.54) is 28.9 Å². The minimum atomic E-state index is -1.26. The molecule has 4 heterocycles. The van der Waals surface area contributed by atoms with Crippen LogP contribution in [0.1, 0.15) is 5.69 Å². The Hall–Kier alpha value is -4.27. The Morgan fingerprint density at radius 1 is 1.36 bits per heavy atom. The fourth-order valence-corrected chi connectivity index (χ4v) is 6.17. The average Bonchev–Trinajstić information content (AvgIpc) is 3.32. The van der Waals surface area contributed by atoms with Gasteiger partial charge >= 0.3 is 5.97 Å². The normalized spacial score (nSPS) is 18.9. The summed E-state index contributed by atoms with van der Waals surface area (Å²) >= 11 is 3.74. The molecule has 202 valence electrons. The van der Waals surface area contributed by atoms with Crippen LogP contribution in [0.5, 0.6) is 0 Å². The van der Waals surface area contributed by atoms with Gasteiger partial charge in [-0.05, 0) is 5.57 Å². The number of nitrogens with two attached hydrogens (primary N) is 3. The number of carboxylic acid groups (broad SMARTS) is 1. The zero-order valence-electron chi connectivity index (χ0n) is 19.9. The van der Waals surface area contributed by atoms with Crippen molar-refractivity contribution in [2.75, 3.05) is 35.3 Å². The van der Waals surface area contributed by atoms with Gasteiger partial charge in [0.2, 0.25) is 5.95 Å². The Morgan fingerprint density at radius 2 is 2.15 bits per heavy atom. The molecule has 4 rings (SSSR count). The first-order valence-electron chi connectivity index (χ1n) is 11.0. The lowest BCUT2D eigenvalue weighted by atomic mass is 10.0. The number of aromatic nitrogens is 3. The molecule has 1 unspecified atom stereocenters. The molecular formula is C22H21N9O5S3. The third kappa shape index (κ3) is 6.25. The van der Waals surface area contributed by atoms with Gasteiger partial charge in [0, 0.05) is 23.0 Å². The summed E-state index contributed by atoms with van der Waals surface area (Å²) in [7, 11) is 0. The van der Waals surface area contributed by atoms with E-state index in [0.717, 1.165) is 16.2 Å². The number of nitrogens with one attached hydrogen (secondary N) is 1. The number of hydrogen-bond donors (Lipinski definition) is 5. The van der Waals surface area contributed by atoms with Crippen LogP contribution in [0.2, 0.25) is 0 Å². The number of β-lactam (4-membered cyclic amide) rings is 1. The average molecular weight is 588 g/mol. The lowest BCUT2D eigenvalue weighted by molar-refractivity contribution is -0.150. The van der Waals surface area contributed by atoms with Crippen LogP contribution < -0.4 is 22.5 Å². The predicted molar refractivity (Wildman–Crippen MR) is 148 cm³/mol. The lowest BCUT2D eigenvalue weighted by Crippen LogP contribution is -2.71. The Balaban J connectivity index is 1.45. The Kier molecular flexibility index (Phi) is 8.59. The number of thioether (sulfide) groups is 2. The number of nitrogen functional groups attached to an aromatic ring is 3. The van der Waals surface area contributed by atoms with Gasteiger partial charge in [-0.3, -0.25) is 14.5 Å². The van der Waals surface area contributed by atoms with Gasteiger partial charge in [0.05, 0.1) is 0 Å². The second-order valence-electron chi connectivity index (χ2n) is 7.73. The fourth-order valence-electron chi connectivity index (χ4n) is 3.57. The maximum atomic E-state index is 13.0. The first-order chi connectivity index (χ1) is 18.7. The fraction of sp³-hybridized carbons (Fsp3) is 0.227. The van der Waals surface area contributed by atoms with Gasteiger partial charge in [0.15, 0.2) is 17.5 Å². The van der Waals surface area contributed by atoms with Gasteiger partial charge in [0.25, 0.3) is 11.8 Å². The number of carboxylic acids is 1. The van der Waals surface area contributed by atoms with Crippen molar-refractivity contribution in [2.45, 2.75) is 16.4 Å². The van der Waals surface area contributed by atoms with Gasteiger partial charge in [0.1, 0.15) is 33.7 Å². The molecule has 39 heavy (non-hydrogen) atoms. The lowest BCUT2D eigenvalue weighted by Gasteiger charge is -2.49. The minimum absolute atomic E-state index is 0.0548. The molecule has 2 aliphatic heterocycles. The maximum absolute atomic E-state index is 13.0. The third-order valence-electron chi connectivity index (χ3n) is 5.16. The topological polar surface area (TPSA) is 225 Å². The molecule has 0 aromatic carbocycles. The number of amides is 2. The van der Waals surface area contributed by atoms with Gasteiger partial charge in [-0.1, -0.05) is 23.2 Å². The molecule has 2 aromatic heterocycles. The molecule has 17 heteroatoms. The van der Waals surface area contributed by atoms with Crippen molar-refractivity contribution < 1.29 is 24.3 Å². The molecule has 2 aromatic rings. The van der Waals surface area contributed by atoms with Crippen molar-refractivity contribution in [1.82, 2.24) is 25.2 Å². The number of hydrogen-bond acceptors (Lipinski definition) is 14. The summed E-state index contributed by atoms with van der Waals surface area (Å²) in [5.74, 6) is 0.682. The van der Waals surface area contributed by atoms with E-state index in [4.69, 9.17) is 28.5 Å². The number of fused-ring (bicyclic) bond motifs is 1. The monoisotopic (exact) mass is 587 g/mol. The summed E-state index contributed by atoms with van der Waals surface area (Å²) < 4.78 is 0. The van der Waals surface area contributed by atoms with E-state index in [1.807, 2.05) is 0 Å². The number of nitrogens with zero attached hydrogens (tertiary/aromatic N) is 5. The third-order valence-corrected chi connectivity index (χ3v) is 8.00. The summed E-state index contributed by atoms with van der Waals surface area (Å²) in [4.78, 5) is 56.1. The van der Waals surface area contributed by atoms with E-state index in [9.17, 15) is 19.5 Å². The van der Waals surface area contributed by atoms with Gasteiger partial charge < -0.3 is 32.5 Å². The van der Waals surface area contributed by atoms with Gasteiger partial charge in [-0.25, -0.2) is 14.8 Å². The van der Waals surface area contributed by atoms with Crippen LogP contribution in [-0.4, -0.2) is 78.0 Å². The number of allylic oxidation sites excluding steroid dienone is 1. The summed E-state index contributed by atoms with van der Waals surface area (Å²) in [6.45, 7) is -0.187. The first-order valence-corrected chi connectivity index (χ1v) is 13.9. The number of thiazole rings is 1. The second kappa shape index (κ2) is 12.1. The Morgan fingerprint density at radius 3 is 2.82 bits per heavy atom. The summed E-state index contributed by atoms with van der Waals surface area (Å²) in [5.41, 5.74) is 17.2. The summed E-state index contributed by atoms with van der Waals surface area (Å²) in [6, 6.07) is 0.589. The molecule has 0 saturated carbocycles. The highest BCUT2D eigenvalue weighted by atomic mass is 32.2. The van der Waals surface area contributed by atoms with E-state index >= 15 is 0 Å². The number of aliphatic carboxylic acids is 1. The molecule has 2 aliphatic rings. The molecule has 2 atom stereocenters. The highest BCUT2D eigenvalue weighted by Gasteiger charge is 2.54. The quantitative estimate of drug-likeness (QED) is 0.0474. The van der Waals surface area contributed by atoms with Crippen LogP contribution in [0, 0.1) is 12.3 Å². The van der Waals surface area contributed by atoms with E-state index in [-0.39, 0.29) is 40.6 Å². The van der Waals surface area contributed by atoms with Crippen molar-refractivity contribution in [3.05, 3.63) is 40.6 Å². The van der Waals surface area contributed by atoms with Gasteiger partial charge in [-0.2, -0.15) is 4.98 Å². The predicted octanol–water partition coefficient (Wildman–Crippen LogP) is 0.121. The molecule has 14 nitrogen and oxygen atoms in total. The number of oxime groups is 1. The van der Waals surface area contributed by atoms with E-state index in [0.29, 0.717) is 22.1 Å². The number of terminal acetylenes is 1. The van der Waals surface area contributed by atoms with E-state index in [2.05, 4.69) is 31.3 Å². The van der Waals surface area contributed by atoms with Crippen molar-refractivity contribution in [3.63, 3.8) is 0 Å². The number of anilines is 3. The van der Waals surface area contributed by atoms with Gasteiger partial charge in [-0.15, -0.1) is 41.3 Å². The SMILES string of the molecule is C#CCO/N=C(/C(=O)NC1C(=O)N2C(C(=O)O)=C(/C=C/CSc3cc(N)nc(N)n3)CS[C@H]12)c1csc(N)n1. The van der Waals surface area contributed by atoms with Crippen molar-refractivity contribution in [3.8, 4) is 12.3 Å². The Bertz CT molecular complexity index is 1430. The molecule has 8 N–H and O–H groups in total. The number of carbonyl (C=O) groups is 3. The van der Waals surface area contributed by atoms with Crippen molar-refractivity contribution in [1.29, 1.82) is 0 Å². The van der Waals surface area contributed by atoms with Crippen LogP contribution in [0.3, 0.4) is 0 Å². The molecule has 2 amide bonds. The van der Waals surface area contributed by atoms with E-state index in [1.54, 1.807) is 18.2 Å². The zero-order chi connectivity index (χ0) is 28.1. The Labute approximate surface area is 234 Å². The zero-order valence-corrected chi connectivity index (χ0v) is 22.4. The van der Waals surface area contributed by atoms with Crippen LogP contribution >= 0.6 is 34.9 Å². The second-order valence-corrected chi connectivity index (χ2v) is 10.8. The van der Waals surface area contributed by atoms with Crippen LogP contribution in [-0.2, 0) is 19.2 Å². The minimum Gasteiger partial charge on any atom is -0.477 e. The smallest absolute Gasteiger partial charge is 0.352 e. The van der Waals surface area contributed by atoms with Crippen LogP contribution in [0.25, 0.3) is 0 Å². The highest BCUT2D eigenvalue weighted by molar-refractivity contribution is 8.00. The van der Waals surface area contributed by atoms with Crippen molar-refractivity contribution in [2.24, 2.45) is 5.16 Å². The van der Waals surface area contributed by atoms with E-state index < -0.39 is 29.2 Å². The largest absolute Gasteiger partial charge is 0.477 e. The van der Waals surface area contributed by atoms with Crippen LogP contribution in [0.15, 0.2) is 45.1 Å². The maximum Gasteiger partial charge on any atom is 0.352 e. The molecular weight excluding hydrogens is 567 g/mol. The highest BCUT2D eigenvalue weighted by Crippen LogP contribution is 2.40. The molecule has 0 aliphatic carbocycles. The molecule has 0 bridgehead atoms. The van der Waals surface area contributed by atoms with Crippen molar-refractivity contribution >= 4 is 75.3 Å². The molecule has 0 radical (unpaired) electrons. The number of rotatable bonds is 10. The first kappa shape index (κ1) is 27.8. The molecule has 1 saturated heterocycles.